The van der Waals surface area contributed by atoms with E-state index in [2.05, 4.69) is 0 Å². The van der Waals surface area contributed by atoms with Gasteiger partial charge in [-0.2, -0.15) is 4.31 Å². The van der Waals surface area contributed by atoms with Crippen LogP contribution in [-0.4, -0.2) is 44.9 Å². The van der Waals surface area contributed by atoms with E-state index < -0.39 is 16.0 Å². The Labute approximate surface area is 141 Å². The molecule has 1 saturated heterocycles. The van der Waals surface area contributed by atoms with Gasteiger partial charge in [0.05, 0.1) is 10.9 Å². The summed E-state index contributed by atoms with van der Waals surface area (Å²) in [5, 5.41) is 11.0. The molecule has 3 rings (SSSR count). The number of rotatable bonds is 4. The van der Waals surface area contributed by atoms with E-state index >= 15 is 0 Å². The van der Waals surface area contributed by atoms with Crippen LogP contribution in [0.3, 0.4) is 0 Å². The summed E-state index contributed by atoms with van der Waals surface area (Å²) in [5.74, 6) is -1.22. The molecule has 2 aromatic carbocycles. The predicted octanol–water partition coefficient (Wildman–Crippen LogP) is 0.561. The minimum absolute atomic E-state index is 0.117. The number of carbonyl (C=O) groups is 1. The van der Waals surface area contributed by atoms with Crippen LogP contribution >= 0.6 is 0 Å². The number of sulfonamides is 1. The Balaban J connectivity index is 1.72. The summed E-state index contributed by atoms with van der Waals surface area (Å²) in [6.07, 6.45) is 0. The maximum atomic E-state index is 12.6. The molecule has 0 N–H and O–H groups in total. The second kappa shape index (κ2) is 6.62. The van der Waals surface area contributed by atoms with E-state index in [0.29, 0.717) is 26.2 Å². The van der Waals surface area contributed by atoms with Crippen molar-refractivity contribution in [2.24, 2.45) is 0 Å². The third-order valence-electron chi connectivity index (χ3n) is 4.07. The summed E-state index contributed by atoms with van der Waals surface area (Å²) in [6, 6.07) is 14.9. The summed E-state index contributed by atoms with van der Waals surface area (Å²) < 4.78 is 26.7. The Kier molecular flexibility index (Phi) is 4.55. The van der Waals surface area contributed by atoms with Gasteiger partial charge in [-0.25, -0.2) is 8.42 Å². The van der Waals surface area contributed by atoms with Crippen molar-refractivity contribution in [3.05, 3.63) is 60.2 Å². The highest BCUT2D eigenvalue weighted by Gasteiger charge is 2.28. The van der Waals surface area contributed by atoms with E-state index in [9.17, 15) is 18.3 Å². The normalized spacial score (nSPS) is 16.1. The number of carbonyl (C=O) groups excluding carboxylic acids is 1. The van der Waals surface area contributed by atoms with Gasteiger partial charge in [-0.3, -0.25) is 0 Å². The van der Waals surface area contributed by atoms with Crippen LogP contribution in [0, 0.1) is 0 Å². The first-order valence-corrected chi connectivity index (χ1v) is 9.04. The topological polar surface area (TPSA) is 80.8 Å². The lowest BCUT2D eigenvalue weighted by molar-refractivity contribution is -0.255. The van der Waals surface area contributed by atoms with Crippen molar-refractivity contribution < 1.29 is 18.3 Å². The van der Waals surface area contributed by atoms with Crippen molar-refractivity contribution in [2.75, 3.05) is 31.1 Å². The van der Waals surface area contributed by atoms with Gasteiger partial charge in [0.2, 0.25) is 10.0 Å². The molecule has 0 atom stereocenters. The first kappa shape index (κ1) is 16.5. The summed E-state index contributed by atoms with van der Waals surface area (Å²) in [7, 11) is -3.49. The molecule has 0 unspecified atom stereocenters. The molecule has 0 bridgehead atoms. The molecule has 1 aliphatic heterocycles. The van der Waals surface area contributed by atoms with Crippen molar-refractivity contribution in [1.29, 1.82) is 0 Å². The molecule has 2 aromatic rings. The van der Waals surface area contributed by atoms with Gasteiger partial charge in [0, 0.05) is 31.9 Å². The molecule has 6 nitrogen and oxygen atoms in total. The first-order chi connectivity index (χ1) is 11.5. The van der Waals surface area contributed by atoms with E-state index in [-0.39, 0.29) is 10.5 Å². The monoisotopic (exact) mass is 345 g/mol. The number of aromatic carboxylic acids is 1. The van der Waals surface area contributed by atoms with Crippen molar-refractivity contribution in [2.45, 2.75) is 4.90 Å². The van der Waals surface area contributed by atoms with Crippen LogP contribution in [0.5, 0.6) is 0 Å². The largest absolute Gasteiger partial charge is 0.545 e. The number of piperazine rings is 1. The molecule has 1 fully saturated rings. The van der Waals surface area contributed by atoms with Crippen LogP contribution in [0.25, 0.3) is 0 Å². The van der Waals surface area contributed by atoms with Crippen molar-refractivity contribution in [3.8, 4) is 0 Å². The highest BCUT2D eigenvalue weighted by atomic mass is 32.2. The number of benzene rings is 2. The summed E-state index contributed by atoms with van der Waals surface area (Å²) >= 11 is 0. The predicted molar refractivity (Wildman–Crippen MR) is 88.2 cm³/mol. The summed E-state index contributed by atoms with van der Waals surface area (Å²) in [5.41, 5.74) is 0.875. The number of hydrogen-bond donors (Lipinski definition) is 0. The molecule has 1 aliphatic rings. The molecule has 7 heteroatoms. The quantitative estimate of drug-likeness (QED) is 0.809. The second-order valence-corrected chi connectivity index (χ2v) is 7.48. The maximum Gasteiger partial charge on any atom is 0.243 e. The minimum Gasteiger partial charge on any atom is -0.545 e. The molecule has 24 heavy (non-hydrogen) atoms. The fourth-order valence-electron chi connectivity index (χ4n) is 2.76. The van der Waals surface area contributed by atoms with Crippen LogP contribution in [0.4, 0.5) is 5.69 Å². The van der Waals surface area contributed by atoms with Crippen LogP contribution in [0.15, 0.2) is 59.5 Å². The van der Waals surface area contributed by atoms with E-state index in [1.807, 2.05) is 11.0 Å². The zero-order valence-corrected chi connectivity index (χ0v) is 13.8. The second-order valence-electron chi connectivity index (χ2n) is 5.54. The van der Waals surface area contributed by atoms with E-state index in [1.165, 1.54) is 10.4 Å². The first-order valence-electron chi connectivity index (χ1n) is 7.60. The van der Waals surface area contributed by atoms with Gasteiger partial charge in [-0.05, 0) is 29.8 Å². The van der Waals surface area contributed by atoms with Crippen LogP contribution in [-0.2, 0) is 10.0 Å². The molecule has 0 radical (unpaired) electrons. The average Bonchev–Trinajstić information content (AvgIpc) is 2.62. The smallest absolute Gasteiger partial charge is 0.243 e. The van der Waals surface area contributed by atoms with Gasteiger partial charge >= 0.3 is 0 Å². The van der Waals surface area contributed by atoms with Crippen LogP contribution < -0.4 is 10.0 Å². The number of carboxylic acids is 1. The molecule has 126 valence electrons. The fourth-order valence-corrected chi connectivity index (χ4v) is 4.20. The highest BCUT2D eigenvalue weighted by Crippen LogP contribution is 2.21. The third-order valence-corrected chi connectivity index (χ3v) is 5.98. The Hall–Kier alpha value is -2.38. The van der Waals surface area contributed by atoms with Crippen LogP contribution in [0.2, 0.25) is 0 Å². The van der Waals surface area contributed by atoms with Gasteiger partial charge < -0.3 is 14.8 Å². The number of anilines is 1. The Bertz CT molecular complexity index is 829. The number of carboxylic acid groups (broad SMARTS) is 1. The minimum atomic E-state index is -3.49. The molecule has 0 aliphatic carbocycles. The Morgan fingerprint density at radius 2 is 1.58 bits per heavy atom. The summed E-state index contributed by atoms with van der Waals surface area (Å²) in [4.78, 5) is 13.2. The zero-order valence-electron chi connectivity index (χ0n) is 13.0. The highest BCUT2D eigenvalue weighted by molar-refractivity contribution is 7.89. The van der Waals surface area contributed by atoms with Gasteiger partial charge in [-0.1, -0.05) is 30.3 Å². The van der Waals surface area contributed by atoms with Gasteiger partial charge in [0.25, 0.3) is 0 Å². The number of hydrogen-bond acceptors (Lipinski definition) is 5. The van der Waals surface area contributed by atoms with Crippen molar-refractivity contribution >= 4 is 21.7 Å². The molecule has 0 amide bonds. The molecule has 0 spiro atoms. The molecule has 1 heterocycles. The Morgan fingerprint density at radius 3 is 2.21 bits per heavy atom. The molecule has 0 aromatic heterocycles. The fraction of sp³-hybridized carbons (Fsp3) is 0.235. The van der Waals surface area contributed by atoms with E-state index in [4.69, 9.17) is 0 Å². The van der Waals surface area contributed by atoms with E-state index in [0.717, 1.165) is 5.69 Å². The molecular weight excluding hydrogens is 328 g/mol. The van der Waals surface area contributed by atoms with Crippen LogP contribution in [0.1, 0.15) is 10.4 Å². The standard InChI is InChI=1S/C17H18N2O4S/c20-17(21)14-5-4-6-15(13-14)18-9-11-19(12-10-18)24(22,23)16-7-2-1-3-8-16/h1-8,13H,9-12H2,(H,20,21)/p-1. The lowest BCUT2D eigenvalue weighted by Gasteiger charge is -2.35. The van der Waals surface area contributed by atoms with Gasteiger partial charge in [0.15, 0.2) is 0 Å². The summed E-state index contributed by atoms with van der Waals surface area (Å²) in [6.45, 7) is 1.71. The van der Waals surface area contributed by atoms with Crippen molar-refractivity contribution in [3.63, 3.8) is 0 Å². The van der Waals surface area contributed by atoms with E-state index in [1.54, 1.807) is 42.5 Å². The lowest BCUT2D eigenvalue weighted by atomic mass is 10.2. The molecular formula is C17H17N2O4S-. The van der Waals surface area contributed by atoms with Crippen molar-refractivity contribution in [1.82, 2.24) is 4.31 Å². The Morgan fingerprint density at radius 1 is 0.917 bits per heavy atom. The zero-order chi connectivity index (χ0) is 17.2. The third kappa shape index (κ3) is 3.27. The van der Waals surface area contributed by atoms with Gasteiger partial charge in [-0.15, -0.1) is 0 Å². The SMILES string of the molecule is O=C([O-])c1cccc(N2CCN(S(=O)(=O)c3ccccc3)CC2)c1. The molecule has 0 saturated carbocycles. The van der Waals surface area contributed by atoms with Gasteiger partial charge in [0.1, 0.15) is 0 Å². The average molecular weight is 345 g/mol. The number of nitrogens with zero attached hydrogens (tertiary/aromatic N) is 2. The lowest BCUT2D eigenvalue weighted by Crippen LogP contribution is -2.48. The maximum absolute atomic E-state index is 12.6.